The zero-order valence-corrected chi connectivity index (χ0v) is 15.8. The monoisotopic (exact) mass is 350 g/mol. The van der Waals surface area contributed by atoms with Gasteiger partial charge in [-0.25, -0.2) is 0 Å². The first kappa shape index (κ1) is 17.6. The molecule has 4 rings (SSSR count). The molecule has 0 bridgehead atoms. The van der Waals surface area contributed by atoms with E-state index in [4.69, 9.17) is 10.5 Å². The van der Waals surface area contributed by atoms with E-state index in [0.29, 0.717) is 0 Å². The molecule has 0 radical (unpaired) electrons. The average Bonchev–Trinajstić information content (AvgIpc) is 3.46. The summed E-state index contributed by atoms with van der Waals surface area (Å²) in [7, 11) is 0. The highest BCUT2D eigenvalue weighted by molar-refractivity contribution is 5.37. The van der Waals surface area contributed by atoms with E-state index in [-0.39, 0.29) is 6.04 Å². The highest BCUT2D eigenvalue weighted by atomic mass is 16.5. The quantitative estimate of drug-likeness (QED) is 0.802. The molecular weight excluding hydrogens is 320 g/mol. The van der Waals surface area contributed by atoms with Gasteiger partial charge in [0.25, 0.3) is 0 Å². The van der Waals surface area contributed by atoms with Gasteiger partial charge in [-0.15, -0.1) is 0 Å². The van der Waals surface area contributed by atoms with Crippen LogP contribution in [0.5, 0.6) is 5.75 Å². The molecule has 3 heteroatoms. The first-order valence-corrected chi connectivity index (χ1v) is 9.99. The summed E-state index contributed by atoms with van der Waals surface area (Å²) in [4.78, 5) is 2.52. The summed E-state index contributed by atoms with van der Waals surface area (Å²) in [5.41, 5.74) is 11.4. The Morgan fingerprint density at radius 1 is 1.12 bits per heavy atom. The van der Waals surface area contributed by atoms with Crippen LogP contribution in [0.25, 0.3) is 0 Å². The first-order valence-electron chi connectivity index (χ1n) is 9.99. The maximum atomic E-state index is 5.95. The van der Waals surface area contributed by atoms with Crippen LogP contribution in [0.15, 0.2) is 42.5 Å². The zero-order chi connectivity index (χ0) is 17.9. The molecule has 1 heterocycles. The summed E-state index contributed by atoms with van der Waals surface area (Å²) >= 11 is 0. The predicted octanol–water partition coefficient (Wildman–Crippen LogP) is 4.44. The fraction of sp³-hybridized carbons (Fsp3) is 0.478. The SMILES string of the molecule is C[C@H](N)c1ccc(CN2CCc3cc(OCCC4CC4)ccc3C2)cc1. The van der Waals surface area contributed by atoms with Gasteiger partial charge in [-0.2, -0.15) is 0 Å². The molecule has 0 amide bonds. The molecule has 1 aliphatic carbocycles. The van der Waals surface area contributed by atoms with Gasteiger partial charge in [-0.1, -0.05) is 43.2 Å². The van der Waals surface area contributed by atoms with Gasteiger partial charge < -0.3 is 10.5 Å². The number of hydrogen-bond acceptors (Lipinski definition) is 3. The van der Waals surface area contributed by atoms with Gasteiger partial charge in [0.2, 0.25) is 0 Å². The lowest BCUT2D eigenvalue weighted by Gasteiger charge is -2.29. The maximum Gasteiger partial charge on any atom is 0.119 e. The molecular formula is C23H30N2O. The largest absolute Gasteiger partial charge is 0.494 e. The highest BCUT2D eigenvalue weighted by Crippen LogP contribution is 2.32. The third-order valence-electron chi connectivity index (χ3n) is 5.67. The minimum Gasteiger partial charge on any atom is -0.494 e. The van der Waals surface area contributed by atoms with Crippen LogP contribution in [0.2, 0.25) is 0 Å². The molecule has 138 valence electrons. The summed E-state index contributed by atoms with van der Waals surface area (Å²) in [6, 6.07) is 15.5. The summed E-state index contributed by atoms with van der Waals surface area (Å²) in [5.74, 6) is 1.98. The van der Waals surface area contributed by atoms with Crippen molar-refractivity contribution in [1.29, 1.82) is 0 Å². The van der Waals surface area contributed by atoms with Gasteiger partial charge in [-0.3, -0.25) is 4.90 Å². The van der Waals surface area contributed by atoms with Crippen LogP contribution in [0.1, 0.15) is 54.5 Å². The van der Waals surface area contributed by atoms with Crippen molar-refractivity contribution >= 4 is 0 Å². The Morgan fingerprint density at radius 3 is 2.65 bits per heavy atom. The molecule has 2 N–H and O–H groups in total. The lowest BCUT2D eigenvalue weighted by molar-refractivity contribution is 0.244. The van der Waals surface area contributed by atoms with E-state index < -0.39 is 0 Å². The Balaban J connectivity index is 1.33. The summed E-state index contributed by atoms with van der Waals surface area (Å²) in [5, 5.41) is 0. The van der Waals surface area contributed by atoms with Crippen LogP contribution in [0, 0.1) is 5.92 Å². The molecule has 0 unspecified atom stereocenters. The Kier molecular flexibility index (Phi) is 5.28. The number of hydrogen-bond donors (Lipinski definition) is 1. The molecule has 1 saturated carbocycles. The van der Waals surface area contributed by atoms with Crippen molar-refractivity contribution in [3.63, 3.8) is 0 Å². The van der Waals surface area contributed by atoms with E-state index in [2.05, 4.69) is 47.4 Å². The standard InChI is InChI=1S/C23H30N2O/c1-17(24)20-6-4-19(5-7-20)15-25-12-10-21-14-23(9-8-22(21)16-25)26-13-11-18-2-3-18/h4-9,14,17-18H,2-3,10-13,15-16,24H2,1H3/t17-/m0/s1. The van der Waals surface area contributed by atoms with Crippen molar-refractivity contribution in [3.05, 3.63) is 64.7 Å². The molecule has 0 aromatic heterocycles. The van der Waals surface area contributed by atoms with Crippen molar-refractivity contribution in [3.8, 4) is 5.75 Å². The molecule has 0 spiro atoms. The van der Waals surface area contributed by atoms with Crippen LogP contribution >= 0.6 is 0 Å². The second kappa shape index (κ2) is 7.81. The van der Waals surface area contributed by atoms with E-state index >= 15 is 0 Å². The van der Waals surface area contributed by atoms with Crippen LogP contribution in [0.4, 0.5) is 0 Å². The smallest absolute Gasteiger partial charge is 0.119 e. The number of fused-ring (bicyclic) bond motifs is 1. The fourth-order valence-electron chi connectivity index (χ4n) is 3.75. The Labute approximate surface area is 157 Å². The van der Waals surface area contributed by atoms with E-state index in [1.807, 2.05) is 6.92 Å². The maximum absolute atomic E-state index is 5.95. The molecule has 3 nitrogen and oxygen atoms in total. The van der Waals surface area contributed by atoms with Gasteiger partial charge in [0.05, 0.1) is 6.61 Å². The highest BCUT2D eigenvalue weighted by Gasteiger charge is 2.21. The molecule has 1 atom stereocenters. The first-order chi connectivity index (χ1) is 12.7. The second-order valence-electron chi connectivity index (χ2n) is 8.00. The van der Waals surface area contributed by atoms with Gasteiger partial charge in [0.15, 0.2) is 0 Å². The molecule has 1 aliphatic heterocycles. The van der Waals surface area contributed by atoms with Crippen molar-refractivity contribution in [2.24, 2.45) is 11.7 Å². The van der Waals surface area contributed by atoms with Crippen LogP contribution in [-0.2, 0) is 19.5 Å². The fourth-order valence-corrected chi connectivity index (χ4v) is 3.75. The number of nitrogens with two attached hydrogens (primary N) is 1. The van der Waals surface area contributed by atoms with Gasteiger partial charge in [0.1, 0.15) is 5.75 Å². The minimum atomic E-state index is 0.103. The Hall–Kier alpha value is -1.84. The lowest BCUT2D eigenvalue weighted by Crippen LogP contribution is -2.30. The zero-order valence-electron chi connectivity index (χ0n) is 15.8. The Morgan fingerprint density at radius 2 is 1.92 bits per heavy atom. The third-order valence-corrected chi connectivity index (χ3v) is 5.67. The number of benzene rings is 2. The summed E-state index contributed by atoms with van der Waals surface area (Å²) < 4.78 is 5.95. The van der Waals surface area contributed by atoms with E-state index in [9.17, 15) is 0 Å². The third kappa shape index (κ3) is 4.46. The second-order valence-corrected chi connectivity index (χ2v) is 8.00. The lowest BCUT2D eigenvalue weighted by atomic mass is 9.98. The molecule has 2 aliphatic rings. The molecule has 1 fully saturated rings. The molecule has 26 heavy (non-hydrogen) atoms. The molecule has 0 saturated heterocycles. The van der Waals surface area contributed by atoms with E-state index in [1.54, 1.807) is 0 Å². The van der Waals surface area contributed by atoms with E-state index in [0.717, 1.165) is 44.3 Å². The average molecular weight is 351 g/mol. The minimum absolute atomic E-state index is 0.103. The van der Waals surface area contributed by atoms with Crippen molar-refractivity contribution in [2.75, 3.05) is 13.2 Å². The van der Waals surface area contributed by atoms with E-state index in [1.165, 1.54) is 41.5 Å². The molecule has 2 aromatic carbocycles. The van der Waals surface area contributed by atoms with Crippen LogP contribution in [0.3, 0.4) is 0 Å². The van der Waals surface area contributed by atoms with Gasteiger partial charge in [-0.05, 0) is 60.1 Å². The number of nitrogens with zero attached hydrogens (tertiary/aromatic N) is 1. The summed E-state index contributed by atoms with van der Waals surface area (Å²) in [6.45, 7) is 6.02. The van der Waals surface area contributed by atoms with Crippen LogP contribution < -0.4 is 10.5 Å². The molecule has 2 aromatic rings. The number of rotatable bonds is 7. The number of ether oxygens (including phenoxy) is 1. The summed E-state index contributed by atoms with van der Waals surface area (Å²) in [6.07, 6.45) is 5.12. The van der Waals surface area contributed by atoms with Crippen molar-refractivity contribution < 1.29 is 4.74 Å². The van der Waals surface area contributed by atoms with Crippen molar-refractivity contribution in [1.82, 2.24) is 4.90 Å². The van der Waals surface area contributed by atoms with Crippen LogP contribution in [-0.4, -0.2) is 18.1 Å². The topological polar surface area (TPSA) is 38.5 Å². The van der Waals surface area contributed by atoms with Gasteiger partial charge in [0, 0.05) is 25.7 Å². The van der Waals surface area contributed by atoms with Gasteiger partial charge >= 0.3 is 0 Å². The normalized spacial score (nSPS) is 18.4. The predicted molar refractivity (Wildman–Crippen MR) is 106 cm³/mol. The Bertz CT molecular complexity index is 734. The van der Waals surface area contributed by atoms with Crippen molar-refractivity contribution in [2.45, 2.75) is 51.7 Å².